The molecule has 2 aromatic heterocycles. The average Bonchev–Trinajstić information content (AvgIpc) is 3.06. The molecule has 3 aromatic rings. The van der Waals surface area contributed by atoms with Crippen LogP contribution in [0.3, 0.4) is 0 Å². The molecule has 2 heterocycles. The smallest absolute Gasteiger partial charge is 0.249 e. The molecule has 0 radical (unpaired) electrons. The zero-order valence-electron chi connectivity index (χ0n) is 16.5. The lowest BCUT2D eigenvalue weighted by molar-refractivity contribution is -0.111. The minimum atomic E-state index is -0.217. The number of carbonyl (C=O) groups is 1. The van der Waals surface area contributed by atoms with Gasteiger partial charge in [0, 0.05) is 41.3 Å². The number of pyridine rings is 1. The van der Waals surface area contributed by atoms with Gasteiger partial charge in [-0.15, -0.1) is 0 Å². The zero-order valence-corrected chi connectivity index (χ0v) is 16.5. The summed E-state index contributed by atoms with van der Waals surface area (Å²) in [5, 5.41) is 3.93. The Bertz CT molecular complexity index is 1060. The molecule has 1 aromatic carbocycles. The van der Waals surface area contributed by atoms with E-state index in [1.165, 1.54) is 18.4 Å². The molecular formula is C23H24N2O3. The largest absolute Gasteiger partial charge is 0.496 e. The summed E-state index contributed by atoms with van der Waals surface area (Å²) in [5.41, 5.74) is 4.93. The number of carbonyl (C=O) groups excluding carboxylic acids is 1. The molecule has 5 heteroatoms. The number of rotatable bonds is 4. The maximum absolute atomic E-state index is 12.4. The number of anilines is 1. The number of furan rings is 1. The predicted molar refractivity (Wildman–Crippen MR) is 111 cm³/mol. The summed E-state index contributed by atoms with van der Waals surface area (Å²) in [7, 11) is 1.64. The van der Waals surface area contributed by atoms with Crippen molar-refractivity contribution in [1.82, 2.24) is 4.98 Å². The minimum Gasteiger partial charge on any atom is -0.496 e. The van der Waals surface area contributed by atoms with Gasteiger partial charge in [-0.2, -0.15) is 0 Å². The van der Waals surface area contributed by atoms with Gasteiger partial charge in [-0.05, 0) is 56.4 Å². The lowest BCUT2D eigenvalue weighted by Gasteiger charge is -2.11. The third-order valence-corrected chi connectivity index (χ3v) is 5.21. The maximum atomic E-state index is 12.4. The van der Waals surface area contributed by atoms with Crippen LogP contribution >= 0.6 is 0 Å². The monoisotopic (exact) mass is 376 g/mol. The normalized spacial score (nSPS) is 14.0. The number of methoxy groups -OCH3 is 1. The molecule has 144 valence electrons. The highest BCUT2D eigenvalue weighted by Crippen LogP contribution is 2.37. The Kier molecular flexibility index (Phi) is 4.90. The van der Waals surface area contributed by atoms with Crippen LogP contribution in [0.15, 0.2) is 41.0 Å². The van der Waals surface area contributed by atoms with E-state index in [1.807, 2.05) is 26.0 Å². The van der Waals surface area contributed by atoms with E-state index in [9.17, 15) is 4.79 Å². The molecule has 0 fully saturated rings. The van der Waals surface area contributed by atoms with Crippen molar-refractivity contribution >= 4 is 28.3 Å². The van der Waals surface area contributed by atoms with Gasteiger partial charge in [-0.25, -0.2) is 4.98 Å². The lowest BCUT2D eigenvalue weighted by Crippen LogP contribution is -2.10. The van der Waals surface area contributed by atoms with Gasteiger partial charge in [0.15, 0.2) is 0 Å². The van der Waals surface area contributed by atoms with Crippen LogP contribution in [0, 0.1) is 6.92 Å². The highest BCUT2D eigenvalue weighted by atomic mass is 16.5. The van der Waals surface area contributed by atoms with Crippen molar-refractivity contribution in [1.29, 1.82) is 0 Å². The first-order valence-electron chi connectivity index (χ1n) is 9.60. The first-order valence-corrected chi connectivity index (χ1v) is 9.60. The minimum absolute atomic E-state index is 0.217. The van der Waals surface area contributed by atoms with E-state index in [1.54, 1.807) is 25.4 Å². The van der Waals surface area contributed by atoms with Crippen molar-refractivity contribution in [3.63, 3.8) is 0 Å². The lowest BCUT2D eigenvalue weighted by atomic mass is 9.94. The molecule has 1 amide bonds. The van der Waals surface area contributed by atoms with Gasteiger partial charge in [0.05, 0.1) is 7.11 Å². The standard InChI is InChI=1S/C23H24N2O3/c1-14-8-9-22(24-13-14)25-23(26)10-15(2)17-11-18-16-6-4-5-7-19(16)28-21(18)12-20(17)27-3/h8-13H,4-7H2,1-3H3,(H,24,25,26)/b15-10+. The van der Waals surface area contributed by atoms with Gasteiger partial charge in [-0.1, -0.05) is 6.07 Å². The fourth-order valence-electron chi connectivity index (χ4n) is 3.74. The zero-order chi connectivity index (χ0) is 19.7. The van der Waals surface area contributed by atoms with E-state index in [4.69, 9.17) is 9.15 Å². The second-order valence-corrected chi connectivity index (χ2v) is 7.30. The molecule has 5 nitrogen and oxygen atoms in total. The summed E-state index contributed by atoms with van der Waals surface area (Å²) in [6.45, 7) is 3.87. The summed E-state index contributed by atoms with van der Waals surface area (Å²) in [6.07, 6.45) is 7.69. The highest BCUT2D eigenvalue weighted by molar-refractivity contribution is 6.04. The Balaban J connectivity index is 1.67. The van der Waals surface area contributed by atoms with Crippen molar-refractivity contribution in [3.05, 3.63) is 59.0 Å². The van der Waals surface area contributed by atoms with Crippen LogP contribution in [-0.4, -0.2) is 18.0 Å². The number of nitrogens with zero attached hydrogens (tertiary/aromatic N) is 1. The van der Waals surface area contributed by atoms with Gasteiger partial charge in [0.2, 0.25) is 5.91 Å². The topological polar surface area (TPSA) is 64.4 Å². The first kappa shape index (κ1) is 18.3. The van der Waals surface area contributed by atoms with Gasteiger partial charge in [0.25, 0.3) is 0 Å². The molecule has 0 atom stereocenters. The molecule has 0 saturated heterocycles. The number of hydrogen-bond acceptors (Lipinski definition) is 4. The van der Waals surface area contributed by atoms with Gasteiger partial charge in [0.1, 0.15) is 22.9 Å². The van der Waals surface area contributed by atoms with Gasteiger partial charge < -0.3 is 14.5 Å². The Hall–Kier alpha value is -3.08. The molecule has 28 heavy (non-hydrogen) atoms. The van der Waals surface area contributed by atoms with Crippen LogP contribution in [0.2, 0.25) is 0 Å². The molecule has 1 N–H and O–H groups in total. The van der Waals surface area contributed by atoms with Crippen LogP contribution in [0.25, 0.3) is 16.5 Å². The van der Waals surface area contributed by atoms with Crippen molar-refractivity contribution in [2.75, 3.05) is 12.4 Å². The highest BCUT2D eigenvalue weighted by Gasteiger charge is 2.20. The van der Waals surface area contributed by atoms with E-state index in [2.05, 4.69) is 16.4 Å². The molecule has 0 spiro atoms. The van der Waals surface area contributed by atoms with E-state index < -0.39 is 0 Å². The Morgan fingerprint density at radius 1 is 1.25 bits per heavy atom. The van der Waals surface area contributed by atoms with Gasteiger partial charge >= 0.3 is 0 Å². The third kappa shape index (κ3) is 3.52. The van der Waals surface area contributed by atoms with Crippen LogP contribution in [0.4, 0.5) is 5.82 Å². The second kappa shape index (κ2) is 7.50. The predicted octanol–water partition coefficient (Wildman–Crippen LogP) is 5.07. The number of allylic oxidation sites excluding steroid dienone is 1. The summed E-state index contributed by atoms with van der Waals surface area (Å²) < 4.78 is 11.6. The van der Waals surface area contributed by atoms with E-state index in [0.29, 0.717) is 11.6 Å². The number of ether oxygens (including phenoxy) is 1. The van der Waals surface area contributed by atoms with E-state index in [0.717, 1.165) is 46.3 Å². The molecular weight excluding hydrogens is 352 g/mol. The fraction of sp³-hybridized carbons (Fsp3) is 0.304. The summed E-state index contributed by atoms with van der Waals surface area (Å²) >= 11 is 0. The summed E-state index contributed by atoms with van der Waals surface area (Å²) in [4.78, 5) is 16.7. The Morgan fingerprint density at radius 3 is 2.82 bits per heavy atom. The number of benzene rings is 1. The number of hydrogen-bond donors (Lipinski definition) is 1. The number of aryl methyl sites for hydroxylation is 3. The van der Waals surface area contributed by atoms with Crippen LogP contribution < -0.4 is 10.1 Å². The first-order chi connectivity index (χ1) is 13.5. The Morgan fingerprint density at radius 2 is 2.07 bits per heavy atom. The number of fused-ring (bicyclic) bond motifs is 3. The van der Waals surface area contributed by atoms with Gasteiger partial charge in [-0.3, -0.25) is 4.79 Å². The molecule has 4 rings (SSSR count). The molecule has 0 unspecified atom stereocenters. The van der Waals surface area contributed by atoms with E-state index >= 15 is 0 Å². The average molecular weight is 376 g/mol. The van der Waals surface area contributed by atoms with Crippen molar-refractivity contribution in [2.45, 2.75) is 39.5 Å². The summed E-state index contributed by atoms with van der Waals surface area (Å²) in [6, 6.07) is 7.73. The van der Waals surface area contributed by atoms with Crippen molar-refractivity contribution in [2.24, 2.45) is 0 Å². The van der Waals surface area contributed by atoms with Crippen molar-refractivity contribution in [3.8, 4) is 5.75 Å². The molecule has 0 aliphatic heterocycles. The number of aromatic nitrogens is 1. The van der Waals surface area contributed by atoms with Crippen molar-refractivity contribution < 1.29 is 13.9 Å². The fourth-order valence-corrected chi connectivity index (χ4v) is 3.74. The van der Waals surface area contributed by atoms with Crippen LogP contribution in [0.1, 0.15) is 42.2 Å². The maximum Gasteiger partial charge on any atom is 0.249 e. The second-order valence-electron chi connectivity index (χ2n) is 7.30. The molecule has 1 aliphatic carbocycles. The Labute approximate surface area is 164 Å². The number of nitrogens with one attached hydrogen (secondary N) is 1. The molecule has 0 bridgehead atoms. The molecule has 0 saturated carbocycles. The SMILES string of the molecule is COc1cc2oc3c(c2cc1/C(C)=C/C(=O)Nc1ccc(C)cn1)CCCC3. The quantitative estimate of drug-likeness (QED) is 0.646. The van der Waals surface area contributed by atoms with Crippen LogP contribution in [-0.2, 0) is 17.6 Å². The summed E-state index contributed by atoms with van der Waals surface area (Å²) in [5.74, 6) is 2.11. The molecule has 1 aliphatic rings. The van der Waals surface area contributed by atoms with Crippen LogP contribution in [0.5, 0.6) is 5.75 Å². The third-order valence-electron chi connectivity index (χ3n) is 5.21. The number of amides is 1. The van der Waals surface area contributed by atoms with E-state index in [-0.39, 0.29) is 5.91 Å².